The van der Waals surface area contributed by atoms with Crippen molar-refractivity contribution < 1.29 is 19.0 Å². The van der Waals surface area contributed by atoms with Crippen molar-refractivity contribution in [3.8, 4) is 11.8 Å². The lowest BCUT2D eigenvalue weighted by Gasteiger charge is -2.16. The largest absolute Gasteiger partial charge is 0.481 e. The highest BCUT2D eigenvalue weighted by molar-refractivity contribution is 5.87. The Labute approximate surface area is 151 Å². The molecular formula is C20H20N2O4. The van der Waals surface area contributed by atoms with Crippen molar-refractivity contribution in [1.29, 1.82) is 0 Å². The van der Waals surface area contributed by atoms with Gasteiger partial charge in [0.15, 0.2) is 5.82 Å². The van der Waals surface area contributed by atoms with E-state index >= 15 is 0 Å². The van der Waals surface area contributed by atoms with Crippen LogP contribution in [0.4, 0.5) is 0 Å². The third-order valence-corrected chi connectivity index (χ3v) is 4.00. The second-order valence-electron chi connectivity index (χ2n) is 5.60. The topological polar surface area (TPSA) is 70.5 Å². The first-order valence-corrected chi connectivity index (χ1v) is 8.28. The molecule has 1 atom stereocenters. The van der Waals surface area contributed by atoms with Gasteiger partial charge in [0, 0.05) is 0 Å². The van der Waals surface area contributed by atoms with E-state index in [0.717, 1.165) is 16.3 Å². The predicted molar refractivity (Wildman–Crippen MR) is 97.6 cm³/mol. The van der Waals surface area contributed by atoms with Crippen LogP contribution in [-0.4, -0.2) is 36.8 Å². The normalized spacial score (nSPS) is 11.8. The maximum Gasteiger partial charge on any atom is 0.321 e. The Morgan fingerprint density at radius 3 is 2.23 bits per heavy atom. The number of hydrogen-bond donors (Lipinski definition) is 0. The van der Waals surface area contributed by atoms with E-state index in [9.17, 15) is 4.79 Å². The fraction of sp³-hybridized carbons (Fsp3) is 0.250. The quantitative estimate of drug-likeness (QED) is 0.634. The first-order valence-electron chi connectivity index (χ1n) is 8.28. The monoisotopic (exact) mass is 352 g/mol. The predicted octanol–water partition coefficient (Wildman–Crippen LogP) is 3.34. The third-order valence-electron chi connectivity index (χ3n) is 4.00. The van der Waals surface area contributed by atoms with Crippen LogP contribution in [-0.2, 0) is 9.53 Å². The van der Waals surface area contributed by atoms with Gasteiger partial charge in [-0.05, 0) is 29.3 Å². The van der Waals surface area contributed by atoms with Crippen molar-refractivity contribution in [2.75, 3.05) is 20.8 Å². The molecule has 0 fully saturated rings. The minimum absolute atomic E-state index is 0.268. The van der Waals surface area contributed by atoms with Crippen LogP contribution in [0, 0.1) is 0 Å². The average molecular weight is 352 g/mol. The molecule has 3 aromatic rings. The molecule has 6 nitrogen and oxygen atoms in total. The molecule has 1 heterocycles. The molecule has 0 N–H and O–H groups in total. The molecule has 0 amide bonds. The molecule has 0 saturated carbocycles. The van der Waals surface area contributed by atoms with Gasteiger partial charge in [0.1, 0.15) is 5.92 Å². The number of nitrogens with zero attached hydrogens (tertiary/aromatic N) is 2. The third kappa shape index (κ3) is 3.59. The summed E-state index contributed by atoms with van der Waals surface area (Å²) in [5.74, 6) is -0.277. The molecule has 0 aliphatic rings. The number of hydrogen-bond acceptors (Lipinski definition) is 6. The minimum atomic E-state index is -0.774. The first-order chi connectivity index (χ1) is 12.7. The van der Waals surface area contributed by atoms with E-state index in [1.807, 2.05) is 42.5 Å². The zero-order valence-electron chi connectivity index (χ0n) is 14.9. The van der Waals surface area contributed by atoms with E-state index in [-0.39, 0.29) is 12.4 Å². The molecule has 0 aliphatic carbocycles. The maximum atomic E-state index is 12.7. The SMILES string of the molecule is CCOC(=O)C(c1ccc2ccccc2c1)c1nc(OC)cc(OC)n1. The number of ether oxygens (including phenoxy) is 3. The number of carbonyl (C=O) groups is 1. The maximum absolute atomic E-state index is 12.7. The van der Waals surface area contributed by atoms with E-state index in [0.29, 0.717) is 11.8 Å². The summed E-state index contributed by atoms with van der Waals surface area (Å²) < 4.78 is 15.7. The number of benzene rings is 2. The van der Waals surface area contributed by atoms with Crippen molar-refractivity contribution in [1.82, 2.24) is 9.97 Å². The van der Waals surface area contributed by atoms with E-state index in [1.165, 1.54) is 14.2 Å². The van der Waals surface area contributed by atoms with Gasteiger partial charge in [0.25, 0.3) is 0 Å². The van der Waals surface area contributed by atoms with Crippen LogP contribution in [0.15, 0.2) is 48.5 Å². The molecule has 2 aromatic carbocycles. The highest BCUT2D eigenvalue weighted by atomic mass is 16.5. The molecule has 134 valence electrons. The molecule has 3 rings (SSSR count). The second-order valence-corrected chi connectivity index (χ2v) is 5.60. The van der Waals surface area contributed by atoms with Gasteiger partial charge >= 0.3 is 5.97 Å². The lowest BCUT2D eigenvalue weighted by molar-refractivity contribution is -0.144. The lowest BCUT2D eigenvalue weighted by atomic mass is 9.95. The Morgan fingerprint density at radius 2 is 1.62 bits per heavy atom. The second kappa shape index (κ2) is 7.82. The Balaban J connectivity index is 2.14. The van der Waals surface area contributed by atoms with Gasteiger partial charge in [0.05, 0.1) is 26.9 Å². The summed E-state index contributed by atoms with van der Waals surface area (Å²) in [6.07, 6.45) is 0. The lowest BCUT2D eigenvalue weighted by Crippen LogP contribution is -2.20. The van der Waals surface area contributed by atoms with Gasteiger partial charge < -0.3 is 14.2 Å². The summed E-state index contributed by atoms with van der Waals surface area (Å²) in [7, 11) is 3.00. The van der Waals surface area contributed by atoms with Gasteiger partial charge in [0.2, 0.25) is 11.8 Å². The first kappa shape index (κ1) is 17.7. The molecule has 0 aliphatic heterocycles. The van der Waals surface area contributed by atoms with Crippen molar-refractivity contribution in [2.24, 2.45) is 0 Å². The van der Waals surface area contributed by atoms with E-state index < -0.39 is 11.9 Å². The van der Waals surface area contributed by atoms with Crippen LogP contribution in [0.2, 0.25) is 0 Å². The summed E-state index contributed by atoms with van der Waals surface area (Å²) >= 11 is 0. The van der Waals surface area contributed by atoms with E-state index in [2.05, 4.69) is 9.97 Å². The Bertz CT molecular complexity index is 904. The Kier molecular flexibility index (Phi) is 5.31. The number of aromatic nitrogens is 2. The van der Waals surface area contributed by atoms with Gasteiger partial charge in [-0.1, -0.05) is 36.4 Å². The molecule has 6 heteroatoms. The van der Waals surface area contributed by atoms with Crippen molar-refractivity contribution in [2.45, 2.75) is 12.8 Å². The molecule has 1 unspecified atom stereocenters. The van der Waals surface area contributed by atoms with Crippen LogP contribution in [0.25, 0.3) is 10.8 Å². The molecule has 0 saturated heterocycles. The van der Waals surface area contributed by atoms with Gasteiger partial charge in [-0.15, -0.1) is 0 Å². The summed E-state index contributed by atoms with van der Waals surface area (Å²) in [5.41, 5.74) is 0.748. The highest BCUT2D eigenvalue weighted by Crippen LogP contribution is 2.29. The number of carbonyl (C=O) groups excluding carboxylic acids is 1. The van der Waals surface area contributed by atoms with Crippen molar-refractivity contribution in [3.63, 3.8) is 0 Å². The van der Waals surface area contributed by atoms with Crippen LogP contribution < -0.4 is 9.47 Å². The minimum Gasteiger partial charge on any atom is -0.481 e. The van der Waals surface area contributed by atoms with Crippen LogP contribution in [0.3, 0.4) is 0 Å². The molecule has 0 bridgehead atoms. The van der Waals surface area contributed by atoms with E-state index in [1.54, 1.807) is 13.0 Å². The van der Waals surface area contributed by atoms with Crippen molar-refractivity contribution >= 4 is 16.7 Å². The van der Waals surface area contributed by atoms with Gasteiger partial charge in [-0.25, -0.2) is 0 Å². The van der Waals surface area contributed by atoms with Crippen molar-refractivity contribution in [3.05, 3.63) is 59.9 Å². The Morgan fingerprint density at radius 1 is 0.962 bits per heavy atom. The zero-order valence-corrected chi connectivity index (χ0v) is 14.9. The average Bonchev–Trinajstić information content (AvgIpc) is 2.68. The highest BCUT2D eigenvalue weighted by Gasteiger charge is 2.28. The molecule has 26 heavy (non-hydrogen) atoms. The van der Waals surface area contributed by atoms with Gasteiger partial charge in [-0.2, -0.15) is 9.97 Å². The number of rotatable bonds is 6. The summed E-state index contributed by atoms with van der Waals surface area (Å²) in [5, 5.41) is 2.11. The summed E-state index contributed by atoms with van der Waals surface area (Å²) in [4.78, 5) is 21.4. The number of esters is 1. The number of fused-ring (bicyclic) bond motifs is 1. The number of methoxy groups -OCH3 is 2. The Hall–Kier alpha value is -3.15. The molecular weight excluding hydrogens is 332 g/mol. The molecule has 0 spiro atoms. The fourth-order valence-electron chi connectivity index (χ4n) is 2.76. The molecule has 0 radical (unpaired) electrons. The molecule has 1 aromatic heterocycles. The van der Waals surface area contributed by atoms with Crippen LogP contribution >= 0.6 is 0 Å². The van der Waals surface area contributed by atoms with Crippen LogP contribution in [0.1, 0.15) is 24.2 Å². The standard InChI is InChI=1S/C20H20N2O4/c1-4-26-20(23)18(19-21-16(24-2)12-17(22-19)25-3)15-10-9-13-7-5-6-8-14(13)11-15/h5-12,18H,4H2,1-3H3. The zero-order chi connectivity index (χ0) is 18.5. The van der Waals surface area contributed by atoms with Gasteiger partial charge in [-0.3, -0.25) is 4.79 Å². The summed E-state index contributed by atoms with van der Waals surface area (Å²) in [6.45, 7) is 2.03. The van der Waals surface area contributed by atoms with E-state index in [4.69, 9.17) is 14.2 Å². The fourth-order valence-corrected chi connectivity index (χ4v) is 2.76. The van der Waals surface area contributed by atoms with Crippen LogP contribution in [0.5, 0.6) is 11.8 Å². The smallest absolute Gasteiger partial charge is 0.321 e. The summed E-state index contributed by atoms with van der Waals surface area (Å²) in [6, 6.07) is 15.3.